The quantitative estimate of drug-likeness (QED) is 0.763. The summed E-state index contributed by atoms with van der Waals surface area (Å²) in [7, 11) is 0. The minimum Gasteiger partial charge on any atom is -0.370 e. The van der Waals surface area contributed by atoms with Gasteiger partial charge in [0.2, 0.25) is 5.91 Å². The van der Waals surface area contributed by atoms with Crippen molar-refractivity contribution in [1.29, 1.82) is 0 Å². The first kappa shape index (κ1) is 14.6. The lowest BCUT2D eigenvalue weighted by atomic mass is 10.1. The number of H-pyrrole nitrogens is 1. The van der Waals surface area contributed by atoms with Crippen LogP contribution in [-0.4, -0.2) is 38.4 Å². The number of pyridine rings is 1. The molecule has 1 amide bonds. The zero-order valence-corrected chi connectivity index (χ0v) is 13.1. The highest BCUT2D eigenvalue weighted by molar-refractivity contribution is 5.89. The Labute approximate surface area is 138 Å². The van der Waals surface area contributed by atoms with Crippen molar-refractivity contribution in [2.24, 2.45) is 5.73 Å². The number of carbonyl (C=O) groups excluding carboxylic acids is 1. The van der Waals surface area contributed by atoms with Crippen LogP contribution >= 0.6 is 0 Å². The Morgan fingerprint density at radius 3 is 2.92 bits per heavy atom. The fraction of sp³-hybridized carbons (Fsp3) is 0.294. The van der Waals surface area contributed by atoms with Crippen LogP contribution in [-0.2, 0) is 4.79 Å². The highest BCUT2D eigenvalue weighted by Crippen LogP contribution is 2.32. The van der Waals surface area contributed by atoms with Crippen molar-refractivity contribution < 1.29 is 4.79 Å². The lowest BCUT2D eigenvalue weighted by Gasteiger charge is -2.25. The predicted molar refractivity (Wildman–Crippen MR) is 91.3 cm³/mol. The summed E-state index contributed by atoms with van der Waals surface area (Å²) < 4.78 is 0. The van der Waals surface area contributed by atoms with Crippen molar-refractivity contribution in [3.05, 3.63) is 36.8 Å². The second-order valence-electron chi connectivity index (χ2n) is 6.01. The van der Waals surface area contributed by atoms with Gasteiger partial charge in [0.15, 0.2) is 5.82 Å². The number of rotatable bonds is 4. The van der Waals surface area contributed by atoms with Gasteiger partial charge in [-0.25, -0.2) is 9.97 Å². The summed E-state index contributed by atoms with van der Waals surface area (Å²) in [6.45, 7) is 0.866. The van der Waals surface area contributed by atoms with Crippen LogP contribution in [0.4, 0.5) is 5.82 Å². The minimum atomic E-state index is -0.277. The molecule has 4 heterocycles. The summed E-state index contributed by atoms with van der Waals surface area (Å²) in [5, 5.41) is 0.962. The van der Waals surface area contributed by atoms with E-state index in [0.29, 0.717) is 12.2 Å². The molecule has 7 heteroatoms. The molecular weight excluding hydrogens is 304 g/mol. The Bertz CT molecular complexity index is 875. The van der Waals surface area contributed by atoms with Gasteiger partial charge in [-0.1, -0.05) is 0 Å². The van der Waals surface area contributed by atoms with E-state index in [1.165, 1.54) is 0 Å². The van der Waals surface area contributed by atoms with Gasteiger partial charge in [-0.15, -0.1) is 0 Å². The van der Waals surface area contributed by atoms with E-state index in [9.17, 15) is 4.79 Å². The third kappa shape index (κ3) is 2.58. The normalized spacial score (nSPS) is 17.5. The van der Waals surface area contributed by atoms with E-state index in [0.717, 1.165) is 41.8 Å². The molecule has 0 saturated carbocycles. The number of hydrogen-bond donors (Lipinski definition) is 2. The predicted octanol–water partition coefficient (Wildman–Crippen LogP) is 1.86. The van der Waals surface area contributed by atoms with Gasteiger partial charge < -0.3 is 15.6 Å². The Hall–Kier alpha value is -2.96. The van der Waals surface area contributed by atoms with Crippen LogP contribution in [0.25, 0.3) is 22.4 Å². The number of hydrogen-bond acceptors (Lipinski definition) is 5. The number of fused-ring (bicyclic) bond motifs is 1. The van der Waals surface area contributed by atoms with Crippen molar-refractivity contribution in [3.63, 3.8) is 0 Å². The van der Waals surface area contributed by atoms with E-state index < -0.39 is 0 Å². The smallest absolute Gasteiger partial charge is 0.219 e. The molecule has 1 fully saturated rings. The zero-order chi connectivity index (χ0) is 16.5. The number of nitrogens with zero attached hydrogens (tertiary/aromatic N) is 4. The van der Waals surface area contributed by atoms with Crippen molar-refractivity contribution in [2.75, 3.05) is 11.4 Å². The van der Waals surface area contributed by atoms with Crippen molar-refractivity contribution in [3.8, 4) is 11.4 Å². The molecule has 0 radical (unpaired) electrons. The average Bonchev–Trinajstić information content (AvgIpc) is 3.23. The minimum absolute atomic E-state index is 0.0980. The molecule has 1 saturated heterocycles. The van der Waals surface area contributed by atoms with E-state index in [4.69, 9.17) is 10.7 Å². The second kappa shape index (κ2) is 5.92. The molecule has 0 bridgehead atoms. The molecule has 0 aromatic carbocycles. The van der Waals surface area contributed by atoms with Crippen LogP contribution in [0.2, 0.25) is 0 Å². The molecule has 4 rings (SSSR count). The molecule has 122 valence electrons. The molecule has 0 unspecified atom stereocenters. The summed E-state index contributed by atoms with van der Waals surface area (Å²) >= 11 is 0. The molecule has 0 spiro atoms. The monoisotopic (exact) mass is 322 g/mol. The van der Waals surface area contributed by atoms with Gasteiger partial charge in [-0.05, 0) is 31.0 Å². The lowest BCUT2D eigenvalue weighted by Crippen LogP contribution is -2.34. The molecular formula is C17H18N6O. The first-order valence-corrected chi connectivity index (χ1v) is 8.03. The van der Waals surface area contributed by atoms with Crippen LogP contribution in [0.5, 0.6) is 0 Å². The third-order valence-electron chi connectivity index (χ3n) is 4.42. The average molecular weight is 322 g/mol. The van der Waals surface area contributed by atoms with Gasteiger partial charge in [0.25, 0.3) is 0 Å². The Balaban J connectivity index is 1.82. The number of nitrogens with two attached hydrogens (primary N) is 1. The van der Waals surface area contributed by atoms with Crippen LogP contribution in [0.1, 0.15) is 19.3 Å². The molecule has 1 atom stereocenters. The van der Waals surface area contributed by atoms with E-state index in [-0.39, 0.29) is 11.9 Å². The van der Waals surface area contributed by atoms with Crippen molar-refractivity contribution in [1.82, 2.24) is 19.9 Å². The molecule has 1 aliphatic rings. The van der Waals surface area contributed by atoms with Crippen molar-refractivity contribution in [2.45, 2.75) is 25.3 Å². The SMILES string of the molecule is NC(=O)C[C@H]1CCCN1c1nc(-c2ccncc2)nc2[nH]ccc12. The maximum Gasteiger partial charge on any atom is 0.219 e. The number of primary amides is 1. The zero-order valence-electron chi connectivity index (χ0n) is 13.1. The summed E-state index contributed by atoms with van der Waals surface area (Å²) in [5.41, 5.74) is 7.11. The van der Waals surface area contributed by atoms with E-state index in [1.807, 2.05) is 24.4 Å². The number of amides is 1. The summed E-state index contributed by atoms with van der Waals surface area (Å²) in [5.74, 6) is 1.23. The Morgan fingerprint density at radius 2 is 2.12 bits per heavy atom. The molecule has 3 aromatic heterocycles. The number of anilines is 1. The van der Waals surface area contributed by atoms with Crippen LogP contribution in [0.15, 0.2) is 36.8 Å². The Kier molecular flexibility index (Phi) is 3.60. The molecule has 1 aliphatic heterocycles. The van der Waals surface area contributed by atoms with Crippen LogP contribution in [0, 0.1) is 0 Å². The standard InChI is InChI=1S/C17H18N6O/c18-14(24)10-12-2-1-9-23(12)17-13-5-8-20-16(13)21-15(22-17)11-3-6-19-7-4-11/h3-8,12H,1-2,9-10H2,(H2,18,24)(H,20,21,22)/t12-/m1/s1. The fourth-order valence-electron chi connectivity index (χ4n) is 3.33. The number of aromatic amines is 1. The molecule has 3 aromatic rings. The Morgan fingerprint density at radius 1 is 1.29 bits per heavy atom. The first-order chi connectivity index (χ1) is 11.7. The molecule has 7 nitrogen and oxygen atoms in total. The van der Waals surface area contributed by atoms with Crippen LogP contribution < -0.4 is 10.6 Å². The summed E-state index contributed by atoms with van der Waals surface area (Å²) in [6, 6.07) is 5.85. The van der Waals surface area contributed by atoms with Crippen LogP contribution in [0.3, 0.4) is 0 Å². The maximum absolute atomic E-state index is 11.4. The van der Waals surface area contributed by atoms with Gasteiger partial charge in [-0.3, -0.25) is 9.78 Å². The second-order valence-corrected chi connectivity index (χ2v) is 6.01. The largest absolute Gasteiger partial charge is 0.370 e. The van der Waals surface area contributed by atoms with E-state index >= 15 is 0 Å². The van der Waals surface area contributed by atoms with Gasteiger partial charge in [0, 0.05) is 43.2 Å². The summed E-state index contributed by atoms with van der Waals surface area (Å²) in [4.78, 5) is 30.2. The number of aromatic nitrogens is 4. The van der Waals surface area contributed by atoms with E-state index in [1.54, 1.807) is 12.4 Å². The number of nitrogens with one attached hydrogen (secondary N) is 1. The summed E-state index contributed by atoms with van der Waals surface area (Å²) in [6.07, 6.45) is 7.63. The highest BCUT2D eigenvalue weighted by Gasteiger charge is 2.29. The van der Waals surface area contributed by atoms with Gasteiger partial charge >= 0.3 is 0 Å². The molecule has 0 aliphatic carbocycles. The molecule has 24 heavy (non-hydrogen) atoms. The third-order valence-corrected chi connectivity index (χ3v) is 4.42. The van der Waals surface area contributed by atoms with Gasteiger partial charge in [0.05, 0.1) is 5.39 Å². The van der Waals surface area contributed by atoms with Gasteiger partial charge in [0.1, 0.15) is 11.5 Å². The highest BCUT2D eigenvalue weighted by atomic mass is 16.1. The first-order valence-electron chi connectivity index (χ1n) is 8.03. The lowest BCUT2D eigenvalue weighted by molar-refractivity contribution is -0.118. The van der Waals surface area contributed by atoms with Gasteiger partial charge in [-0.2, -0.15) is 0 Å². The molecule has 3 N–H and O–H groups in total. The maximum atomic E-state index is 11.4. The fourth-order valence-corrected chi connectivity index (χ4v) is 3.33. The number of carbonyl (C=O) groups is 1. The topological polar surface area (TPSA) is 101 Å². The van der Waals surface area contributed by atoms with Crippen molar-refractivity contribution >= 4 is 22.8 Å². The van der Waals surface area contributed by atoms with E-state index in [2.05, 4.69) is 19.9 Å².